The molecule has 0 radical (unpaired) electrons. The van der Waals surface area contributed by atoms with Gasteiger partial charge in [0.2, 0.25) is 0 Å². The minimum atomic E-state index is -0.890. The van der Waals surface area contributed by atoms with Crippen molar-refractivity contribution in [1.29, 1.82) is 0 Å². The van der Waals surface area contributed by atoms with Crippen LogP contribution in [0.5, 0.6) is 0 Å². The number of pyridine rings is 1. The van der Waals surface area contributed by atoms with E-state index in [4.69, 9.17) is 0 Å². The van der Waals surface area contributed by atoms with Gasteiger partial charge in [0.05, 0.1) is 16.6 Å². The van der Waals surface area contributed by atoms with Crippen LogP contribution in [-0.2, 0) is 13.0 Å². The molecule has 3 aromatic rings. The number of halogens is 1. The van der Waals surface area contributed by atoms with Crippen molar-refractivity contribution in [3.63, 3.8) is 0 Å². The van der Waals surface area contributed by atoms with E-state index in [0.29, 0.717) is 36.1 Å². The number of aryl methyl sites for hydroxylation is 1. The molecule has 0 unspecified atom stereocenters. The normalized spacial score (nSPS) is 20.6. The summed E-state index contributed by atoms with van der Waals surface area (Å²) in [7, 11) is 0. The Balaban J connectivity index is 1.88. The van der Waals surface area contributed by atoms with Crippen molar-refractivity contribution in [1.82, 2.24) is 14.5 Å². The fraction of sp³-hybridized carbons (Fsp3) is 0.316. The molecule has 0 fully saturated rings. The van der Waals surface area contributed by atoms with Crippen LogP contribution in [-0.4, -0.2) is 20.7 Å². The van der Waals surface area contributed by atoms with Gasteiger partial charge in [0.25, 0.3) is 5.56 Å². The van der Waals surface area contributed by atoms with E-state index in [1.807, 2.05) is 37.3 Å². The number of aromatic nitrogens is 3. The average molecular weight is 323 g/mol. The van der Waals surface area contributed by atoms with Gasteiger partial charge in [0, 0.05) is 30.6 Å². The van der Waals surface area contributed by atoms with Crippen LogP contribution >= 0.6 is 0 Å². The smallest absolute Gasteiger partial charge is 0.261 e. The molecule has 0 saturated heterocycles. The number of rotatable bonds is 1. The number of hydrogen-bond donors (Lipinski definition) is 0. The van der Waals surface area contributed by atoms with Crippen LogP contribution in [0.15, 0.2) is 47.4 Å². The summed E-state index contributed by atoms with van der Waals surface area (Å²) in [6, 6.07) is 11.3. The Hall–Kier alpha value is -2.56. The molecule has 0 aliphatic carbocycles. The van der Waals surface area contributed by atoms with E-state index in [9.17, 15) is 9.18 Å². The molecule has 5 heteroatoms. The van der Waals surface area contributed by atoms with E-state index in [1.165, 1.54) is 0 Å². The van der Waals surface area contributed by atoms with E-state index in [-0.39, 0.29) is 11.5 Å². The number of alkyl halides is 1. The Morgan fingerprint density at radius 3 is 2.92 bits per heavy atom. The molecule has 1 aromatic carbocycles. The van der Waals surface area contributed by atoms with Crippen LogP contribution in [0, 0.1) is 5.92 Å². The molecule has 2 atom stereocenters. The van der Waals surface area contributed by atoms with Gasteiger partial charge in [-0.2, -0.15) is 0 Å². The molecule has 4 nitrogen and oxygen atoms in total. The Bertz CT molecular complexity index is 952. The minimum Gasteiger partial charge on any atom is -0.296 e. The van der Waals surface area contributed by atoms with Gasteiger partial charge < -0.3 is 0 Å². The summed E-state index contributed by atoms with van der Waals surface area (Å²) < 4.78 is 15.7. The van der Waals surface area contributed by atoms with Gasteiger partial charge in [0.15, 0.2) is 0 Å². The monoisotopic (exact) mass is 323 g/mol. The highest BCUT2D eigenvalue weighted by molar-refractivity contribution is 5.83. The van der Waals surface area contributed by atoms with Crippen molar-refractivity contribution in [3.8, 4) is 11.3 Å². The molecular weight excluding hydrogens is 305 g/mol. The lowest BCUT2D eigenvalue weighted by atomic mass is 10.0. The summed E-state index contributed by atoms with van der Waals surface area (Å²) >= 11 is 0. The summed E-state index contributed by atoms with van der Waals surface area (Å²) in [5, 5.41) is 0.572. The van der Waals surface area contributed by atoms with Crippen molar-refractivity contribution in [2.75, 3.05) is 0 Å². The first kappa shape index (κ1) is 15.0. The van der Waals surface area contributed by atoms with Gasteiger partial charge in [-0.25, -0.2) is 9.37 Å². The van der Waals surface area contributed by atoms with Crippen molar-refractivity contribution in [2.45, 2.75) is 32.5 Å². The maximum absolute atomic E-state index is 14.0. The average Bonchev–Trinajstić information content (AvgIpc) is 2.75. The topological polar surface area (TPSA) is 47.8 Å². The third-order valence-corrected chi connectivity index (χ3v) is 4.73. The molecular formula is C19H18FN3O. The first-order chi connectivity index (χ1) is 11.6. The van der Waals surface area contributed by atoms with Crippen molar-refractivity contribution >= 4 is 10.9 Å². The second kappa shape index (κ2) is 5.82. The number of hydrogen-bond acceptors (Lipinski definition) is 3. The van der Waals surface area contributed by atoms with Crippen LogP contribution in [0.2, 0.25) is 0 Å². The Morgan fingerprint density at radius 2 is 2.12 bits per heavy atom. The predicted octanol–water partition coefficient (Wildman–Crippen LogP) is 3.38. The molecule has 24 heavy (non-hydrogen) atoms. The fourth-order valence-electron chi connectivity index (χ4n) is 3.29. The Labute approximate surface area is 139 Å². The maximum atomic E-state index is 14.0. The lowest BCUT2D eigenvalue weighted by Gasteiger charge is -2.14. The van der Waals surface area contributed by atoms with Gasteiger partial charge >= 0.3 is 0 Å². The Kier molecular flexibility index (Phi) is 3.63. The molecule has 0 spiro atoms. The molecule has 0 N–H and O–H groups in total. The molecule has 122 valence electrons. The van der Waals surface area contributed by atoms with Crippen molar-refractivity contribution in [3.05, 3.63) is 58.8 Å². The highest BCUT2D eigenvalue weighted by Crippen LogP contribution is 2.24. The van der Waals surface area contributed by atoms with Gasteiger partial charge in [-0.05, 0) is 30.7 Å². The molecule has 1 aliphatic heterocycles. The van der Waals surface area contributed by atoms with Crippen LogP contribution in [0.1, 0.15) is 19.2 Å². The molecule has 4 rings (SSSR count). The van der Waals surface area contributed by atoms with Gasteiger partial charge in [-0.3, -0.25) is 14.3 Å². The zero-order valence-corrected chi connectivity index (χ0v) is 13.4. The number of benzene rings is 1. The Morgan fingerprint density at radius 1 is 1.25 bits per heavy atom. The largest absolute Gasteiger partial charge is 0.296 e. The third kappa shape index (κ3) is 2.50. The third-order valence-electron chi connectivity index (χ3n) is 4.73. The molecule has 0 amide bonds. The van der Waals surface area contributed by atoms with Crippen LogP contribution in [0.25, 0.3) is 22.2 Å². The van der Waals surface area contributed by atoms with E-state index in [0.717, 1.165) is 11.3 Å². The molecule has 1 aliphatic rings. The lowest BCUT2D eigenvalue weighted by Crippen LogP contribution is -2.27. The van der Waals surface area contributed by atoms with Crippen LogP contribution < -0.4 is 5.56 Å². The highest BCUT2D eigenvalue weighted by Gasteiger charge is 2.24. The molecule has 0 bridgehead atoms. The number of fused-ring (bicyclic) bond motifs is 2. The first-order valence-electron chi connectivity index (χ1n) is 8.22. The van der Waals surface area contributed by atoms with Crippen molar-refractivity contribution < 1.29 is 4.39 Å². The zero-order chi connectivity index (χ0) is 16.7. The summed E-state index contributed by atoms with van der Waals surface area (Å²) in [6.07, 6.45) is 1.75. The SMILES string of the molecule is C[C@H]1Cn2c(nc3cc(-c4ccccn4)ccc3c2=O)CC[C@@H]1F. The standard InChI is InChI=1S/C19H18FN3O/c1-12-11-23-18(8-7-15(12)20)22-17-10-13(5-6-14(17)19(23)24)16-4-2-3-9-21-16/h2-6,9-10,12,15H,7-8,11H2,1H3/t12-,15-/m0/s1. The van der Waals surface area contributed by atoms with Gasteiger partial charge in [-0.15, -0.1) is 0 Å². The molecule has 0 saturated carbocycles. The zero-order valence-electron chi connectivity index (χ0n) is 13.4. The minimum absolute atomic E-state index is 0.0801. The predicted molar refractivity (Wildman–Crippen MR) is 91.6 cm³/mol. The number of nitrogens with zero attached hydrogens (tertiary/aromatic N) is 3. The van der Waals surface area contributed by atoms with Crippen LogP contribution in [0.4, 0.5) is 4.39 Å². The molecule has 3 heterocycles. The first-order valence-corrected chi connectivity index (χ1v) is 8.22. The quantitative estimate of drug-likeness (QED) is 0.690. The summed E-state index contributed by atoms with van der Waals surface area (Å²) in [6.45, 7) is 2.24. The van der Waals surface area contributed by atoms with Crippen LogP contribution in [0.3, 0.4) is 0 Å². The highest BCUT2D eigenvalue weighted by atomic mass is 19.1. The van der Waals surface area contributed by atoms with E-state index in [2.05, 4.69) is 9.97 Å². The van der Waals surface area contributed by atoms with E-state index < -0.39 is 6.17 Å². The second-order valence-corrected chi connectivity index (χ2v) is 6.42. The van der Waals surface area contributed by atoms with Gasteiger partial charge in [-0.1, -0.05) is 19.1 Å². The second-order valence-electron chi connectivity index (χ2n) is 6.42. The van der Waals surface area contributed by atoms with Gasteiger partial charge in [0.1, 0.15) is 12.0 Å². The lowest BCUT2D eigenvalue weighted by molar-refractivity contribution is 0.220. The van der Waals surface area contributed by atoms with E-state index in [1.54, 1.807) is 16.8 Å². The maximum Gasteiger partial charge on any atom is 0.261 e. The molecule has 2 aromatic heterocycles. The summed E-state index contributed by atoms with van der Waals surface area (Å²) in [4.78, 5) is 21.8. The van der Waals surface area contributed by atoms with E-state index >= 15 is 0 Å². The summed E-state index contributed by atoms with van der Waals surface area (Å²) in [5.74, 6) is 0.508. The van der Waals surface area contributed by atoms with Crippen molar-refractivity contribution in [2.24, 2.45) is 5.92 Å². The fourth-order valence-corrected chi connectivity index (χ4v) is 3.29. The summed E-state index contributed by atoms with van der Waals surface area (Å²) in [5.41, 5.74) is 2.34.